The summed E-state index contributed by atoms with van der Waals surface area (Å²) in [6.07, 6.45) is 0.540. The molecule has 7 heteroatoms. The van der Waals surface area contributed by atoms with Gasteiger partial charge in [-0.05, 0) is 26.0 Å². The van der Waals surface area contributed by atoms with Crippen molar-refractivity contribution in [3.63, 3.8) is 0 Å². The van der Waals surface area contributed by atoms with Crippen LogP contribution in [0.25, 0.3) is 11.3 Å². The van der Waals surface area contributed by atoms with Crippen LogP contribution in [0.5, 0.6) is 0 Å². The topological polar surface area (TPSA) is 47.7 Å². The predicted molar refractivity (Wildman–Crippen MR) is 98.1 cm³/mol. The summed E-state index contributed by atoms with van der Waals surface area (Å²) in [6, 6.07) is 7.23. The zero-order chi connectivity index (χ0) is 17.8. The van der Waals surface area contributed by atoms with Gasteiger partial charge in [0.25, 0.3) is 0 Å². The monoisotopic (exact) mass is 384 g/mol. The van der Waals surface area contributed by atoms with Gasteiger partial charge in [-0.3, -0.25) is 4.90 Å². The third-order valence-electron chi connectivity index (χ3n) is 4.07. The van der Waals surface area contributed by atoms with Crippen molar-refractivity contribution in [3.8, 4) is 11.3 Å². The van der Waals surface area contributed by atoms with E-state index in [2.05, 4.69) is 23.9 Å². The number of nitrogens with zero attached hydrogens (tertiary/aromatic N) is 2. The number of ether oxygens (including phenoxy) is 2. The Kier molecular flexibility index (Phi) is 6.36. The van der Waals surface area contributed by atoms with E-state index in [0.717, 1.165) is 25.2 Å². The molecule has 0 N–H and O–H groups in total. The van der Waals surface area contributed by atoms with Crippen LogP contribution < -0.4 is 0 Å². The first-order valence-corrected chi connectivity index (χ1v) is 9.13. The van der Waals surface area contributed by atoms with Crippen molar-refractivity contribution in [2.75, 3.05) is 26.2 Å². The maximum absolute atomic E-state index is 6.04. The summed E-state index contributed by atoms with van der Waals surface area (Å²) >= 11 is 12.0. The summed E-state index contributed by atoms with van der Waals surface area (Å²) in [6.45, 7) is 8.00. The minimum absolute atomic E-state index is 0.270. The smallest absolute Gasteiger partial charge is 0.163 e. The van der Waals surface area contributed by atoms with Crippen LogP contribution in [0.4, 0.5) is 0 Å². The molecule has 1 aromatic heterocycles. The van der Waals surface area contributed by atoms with E-state index in [1.165, 1.54) is 0 Å². The minimum atomic E-state index is 0.270. The van der Waals surface area contributed by atoms with Gasteiger partial charge < -0.3 is 14.0 Å². The van der Waals surface area contributed by atoms with Crippen LogP contribution in [-0.2, 0) is 16.1 Å². The normalized spacial score (nSPS) is 21.6. The Bertz CT molecular complexity index is 697. The first-order chi connectivity index (χ1) is 12.0. The van der Waals surface area contributed by atoms with Crippen molar-refractivity contribution in [1.82, 2.24) is 10.1 Å². The molecule has 0 aliphatic carbocycles. The Morgan fingerprint density at radius 1 is 1.16 bits per heavy atom. The first-order valence-electron chi connectivity index (χ1n) is 8.38. The second kappa shape index (κ2) is 8.52. The fraction of sp³-hybridized carbons (Fsp3) is 0.500. The van der Waals surface area contributed by atoms with Crippen molar-refractivity contribution < 1.29 is 14.0 Å². The molecule has 5 nitrogen and oxygen atoms in total. The van der Waals surface area contributed by atoms with Gasteiger partial charge in [0.1, 0.15) is 12.3 Å². The third kappa shape index (κ3) is 5.19. The molecule has 136 valence electrons. The fourth-order valence-electron chi connectivity index (χ4n) is 3.01. The van der Waals surface area contributed by atoms with Crippen LogP contribution in [-0.4, -0.2) is 48.5 Å². The number of hydrogen-bond acceptors (Lipinski definition) is 5. The Balaban J connectivity index is 1.46. The van der Waals surface area contributed by atoms with Gasteiger partial charge in [0, 0.05) is 31.3 Å². The lowest BCUT2D eigenvalue weighted by Crippen LogP contribution is -2.46. The largest absolute Gasteiger partial charge is 0.373 e. The zero-order valence-corrected chi connectivity index (χ0v) is 15.9. The number of halogens is 2. The molecule has 25 heavy (non-hydrogen) atoms. The number of benzene rings is 1. The third-order valence-corrected chi connectivity index (χ3v) is 4.80. The van der Waals surface area contributed by atoms with Gasteiger partial charge in [-0.1, -0.05) is 34.4 Å². The van der Waals surface area contributed by atoms with E-state index in [9.17, 15) is 0 Å². The minimum Gasteiger partial charge on any atom is -0.373 e. The molecule has 0 amide bonds. The Labute approximate surface area is 157 Å². The molecule has 2 unspecified atom stereocenters. The first kappa shape index (κ1) is 18.7. The number of morpholine rings is 1. The highest BCUT2D eigenvalue weighted by Gasteiger charge is 2.21. The summed E-state index contributed by atoms with van der Waals surface area (Å²) in [5.74, 6) is 0.685. The zero-order valence-electron chi connectivity index (χ0n) is 14.4. The van der Waals surface area contributed by atoms with Gasteiger partial charge >= 0.3 is 0 Å². The highest BCUT2D eigenvalue weighted by Crippen LogP contribution is 2.28. The lowest BCUT2D eigenvalue weighted by Gasteiger charge is -2.35. The van der Waals surface area contributed by atoms with E-state index in [1.54, 1.807) is 12.1 Å². The van der Waals surface area contributed by atoms with E-state index in [4.69, 9.17) is 37.2 Å². The molecule has 1 aliphatic heterocycles. The van der Waals surface area contributed by atoms with Crippen molar-refractivity contribution in [2.24, 2.45) is 0 Å². The summed E-state index contributed by atoms with van der Waals surface area (Å²) < 4.78 is 16.8. The number of aromatic nitrogens is 1. The van der Waals surface area contributed by atoms with Crippen molar-refractivity contribution >= 4 is 23.2 Å². The second-order valence-corrected chi connectivity index (χ2v) is 7.19. The average molecular weight is 385 g/mol. The number of hydrogen-bond donors (Lipinski definition) is 0. The second-order valence-electron chi connectivity index (χ2n) is 6.38. The van der Waals surface area contributed by atoms with Gasteiger partial charge in [-0.15, -0.1) is 0 Å². The van der Waals surface area contributed by atoms with E-state index in [-0.39, 0.29) is 12.2 Å². The van der Waals surface area contributed by atoms with Gasteiger partial charge in [-0.25, -0.2) is 0 Å². The molecule has 1 saturated heterocycles. The average Bonchev–Trinajstić information content (AvgIpc) is 3.02. The van der Waals surface area contributed by atoms with Gasteiger partial charge in [0.2, 0.25) is 0 Å². The van der Waals surface area contributed by atoms with E-state index in [1.807, 2.05) is 12.1 Å². The van der Waals surface area contributed by atoms with Crippen LogP contribution in [0.3, 0.4) is 0 Å². The molecule has 0 bridgehead atoms. The quantitative estimate of drug-likeness (QED) is 0.695. The van der Waals surface area contributed by atoms with Gasteiger partial charge in [-0.2, -0.15) is 0 Å². The standard InChI is InChI=1S/C18H22Cl2N2O3/c1-12-9-22(10-13(2)24-12)5-6-23-11-15-8-18(21-25-15)14-3-4-16(19)17(20)7-14/h3-4,7-8,12-13H,5-6,9-11H2,1-2H3. The molecule has 2 aromatic rings. The van der Waals surface area contributed by atoms with Crippen molar-refractivity contribution in [3.05, 3.63) is 40.1 Å². The molecule has 3 rings (SSSR count). The van der Waals surface area contributed by atoms with E-state index in [0.29, 0.717) is 34.7 Å². The van der Waals surface area contributed by atoms with Crippen molar-refractivity contribution in [1.29, 1.82) is 0 Å². The Morgan fingerprint density at radius 2 is 1.92 bits per heavy atom. The lowest BCUT2D eigenvalue weighted by molar-refractivity contribution is -0.0739. The molecule has 0 spiro atoms. The number of rotatable bonds is 6. The van der Waals surface area contributed by atoms with Crippen LogP contribution in [0, 0.1) is 0 Å². The van der Waals surface area contributed by atoms with E-state index >= 15 is 0 Å². The van der Waals surface area contributed by atoms with Crippen LogP contribution in [0.15, 0.2) is 28.8 Å². The van der Waals surface area contributed by atoms with Crippen LogP contribution in [0.2, 0.25) is 10.0 Å². The SMILES string of the molecule is CC1CN(CCOCc2cc(-c3ccc(Cl)c(Cl)c3)no2)CC(C)O1. The predicted octanol–water partition coefficient (Wildman–Crippen LogP) is 4.27. The maximum Gasteiger partial charge on any atom is 0.163 e. The van der Waals surface area contributed by atoms with Crippen LogP contribution >= 0.6 is 23.2 Å². The molecule has 0 radical (unpaired) electrons. The summed E-state index contributed by atoms with van der Waals surface area (Å²) in [5.41, 5.74) is 1.58. The molecule has 1 aliphatic rings. The summed E-state index contributed by atoms with van der Waals surface area (Å²) in [4.78, 5) is 2.36. The molecule has 1 fully saturated rings. The molecule has 1 aromatic carbocycles. The Hall–Kier alpha value is -1.11. The summed E-state index contributed by atoms with van der Waals surface area (Å²) in [5, 5.41) is 5.07. The summed E-state index contributed by atoms with van der Waals surface area (Å²) in [7, 11) is 0. The molecule has 0 saturated carbocycles. The van der Waals surface area contributed by atoms with Gasteiger partial charge in [0.15, 0.2) is 5.76 Å². The molecule has 2 heterocycles. The lowest BCUT2D eigenvalue weighted by atomic mass is 10.1. The van der Waals surface area contributed by atoms with Gasteiger partial charge in [0.05, 0.1) is 28.9 Å². The van der Waals surface area contributed by atoms with Crippen molar-refractivity contribution in [2.45, 2.75) is 32.7 Å². The highest BCUT2D eigenvalue weighted by molar-refractivity contribution is 6.42. The Morgan fingerprint density at radius 3 is 2.64 bits per heavy atom. The maximum atomic E-state index is 6.04. The molecular weight excluding hydrogens is 363 g/mol. The highest BCUT2D eigenvalue weighted by atomic mass is 35.5. The van der Waals surface area contributed by atoms with Crippen LogP contribution in [0.1, 0.15) is 19.6 Å². The molecular formula is C18H22Cl2N2O3. The fourth-order valence-corrected chi connectivity index (χ4v) is 3.30. The van der Waals surface area contributed by atoms with E-state index < -0.39 is 0 Å². The molecule has 2 atom stereocenters.